The maximum Gasteiger partial charge on any atom is 0.192 e. The highest BCUT2D eigenvalue weighted by Gasteiger charge is 2.62. The van der Waals surface area contributed by atoms with E-state index in [0.717, 1.165) is 25.7 Å². The number of methoxy groups -OCH3 is 1. The fourth-order valence-electron chi connectivity index (χ4n) is 5.51. The average molecular weight is 465 g/mol. The predicted molar refractivity (Wildman–Crippen MR) is 130 cm³/mol. The van der Waals surface area contributed by atoms with E-state index in [0.29, 0.717) is 13.2 Å². The Morgan fingerprint density at radius 2 is 1.88 bits per heavy atom. The van der Waals surface area contributed by atoms with Crippen molar-refractivity contribution in [3.05, 3.63) is 23.8 Å². The van der Waals surface area contributed by atoms with Crippen LogP contribution < -0.4 is 0 Å². The van der Waals surface area contributed by atoms with Crippen molar-refractivity contribution in [2.75, 3.05) is 27.1 Å². The van der Waals surface area contributed by atoms with Gasteiger partial charge < -0.3 is 18.6 Å². The van der Waals surface area contributed by atoms with Crippen molar-refractivity contribution in [2.45, 2.75) is 90.6 Å². The summed E-state index contributed by atoms with van der Waals surface area (Å²) in [5.41, 5.74) is 0.549. The molecular formula is C26H44O5Si. The number of hydrogen-bond donors (Lipinski definition) is 0. The molecule has 3 aliphatic carbocycles. The van der Waals surface area contributed by atoms with Gasteiger partial charge in [0.15, 0.2) is 14.1 Å². The summed E-state index contributed by atoms with van der Waals surface area (Å²) in [6, 6.07) is 0. The molecule has 0 aromatic carbocycles. The minimum absolute atomic E-state index is 0.0188. The van der Waals surface area contributed by atoms with Crippen LogP contribution in [0.2, 0.25) is 18.1 Å². The van der Waals surface area contributed by atoms with E-state index in [1.807, 2.05) is 6.08 Å². The van der Waals surface area contributed by atoms with Gasteiger partial charge in [-0.25, -0.2) is 0 Å². The molecule has 182 valence electrons. The molecule has 0 N–H and O–H groups in total. The molecule has 3 aliphatic rings. The molecule has 0 unspecified atom stereocenters. The van der Waals surface area contributed by atoms with Crippen molar-refractivity contribution >= 4 is 14.1 Å². The van der Waals surface area contributed by atoms with E-state index < -0.39 is 13.7 Å². The molecule has 0 aromatic heterocycles. The van der Waals surface area contributed by atoms with Crippen molar-refractivity contribution in [3.63, 3.8) is 0 Å². The second-order valence-corrected chi connectivity index (χ2v) is 16.5. The van der Waals surface area contributed by atoms with Gasteiger partial charge in [0.2, 0.25) is 0 Å². The van der Waals surface area contributed by atoms with Crippen molar-refractivity contribution in [1.82, 2.24) is 0 Å². The van der Waals surface area contributed by atoms with Crippen LogP contribution in [0.4, 0.5) is 0 Å². The van der Waals surface area contributed by atoms with Gasteiger partial charge in [-0.2, -0.15) is 0 Å². The van der Waals surface area contributed by atoms with Crippen LogP contribution in [0.15, 0.2) is 23.8 Å². The summed E-state index contributed by atoms with van der Waals surface area (Å²) >= 11 is 0. The number of carbonyl (C=O) groups excluding carboxylic acids is 1. The zero-order valence-electron chi connectivity index (χ0n) is 21.5. The zero-order valence-corrected chi connectivity index (χ0v) is 22.5. The highest BCUT2D eigenvalue weighted by atomic mass is 28.4. The molecule has 0 radical (unpaired) electrons. The van der Waals surface area contributed by atoms with Gasteiger partial charge in [-0.05, 0) is 49.9 Å². The second kappa shape index (κ2) is 9.45. The second-order valence-electron chi connectivity index (χ2n) is 11.8. The minimum atomic E-state index is -2.03. The first-order valence-corrected chi connectivity index (χ1v) is 15.1. The first kappa shape index (κ1) is 25.8. The van der Waals surface area contributed by atoms with Crippen molar-refractivity contribution in [3.8, 4) is 0 Å². The van der Waals surface area contributed by atoms with Crippen molar-refractivity contribution in [1.29, 1.82) is 0 Å². The normalized spacial score (nSPS) is 32.3. The Morgan fingerprint density at radius 3 is 2.53 bits per heavy atom. The maximum atomic E-state index is 13.4. The van der Waals surface area contributed by atoms with Gasteiger partial charge in [0.1, 0.15) is 6.79 Å². The summed E-state index contributed by atoms with van der Waals surface area (Å²) in [6.07, 6.45) is 10.1. The van der Waals surface area contributed by atoms with Crippen LogP contribution in [0, 0.1) is 16.7 Å². The van der Waals surface area contributed by atoms with Crippen LogP contribution in [0.25, 0.3) is 0 Å². The highest BCUT2D eigenvalue weighted by Crippen LogP contribution is 2.62. The number of rotatable bonds is 8. The maximum absolute atomic E-state index is 13.4. The molecule has 4 atom stereocenters. The topological polar surface area (TPSA) is 54.0 Å². The average Bonchev–Trinajstić information content (AvgIpc) is 2.74. The smallest absolute Gasteiger partial charge is 0.192 e. The Kier molecular flexibility index (Phi) is 7.63. The van der Waals surface area contributed by atoms with Gasteiger partial charge in [0, 0.05) is 23.9 Å². The molecular weight excluding hydrogens is 420 g/mol. The Morgan fingerprint density at radius 1 is 1.16 bits per heavy atom. The van der Waals surface area contributed by atoms with E-state index in [4.69, 9.17) is 18.6 Å². The summed E-state index contributed by atoms with van der Waals surface area (Å²) in [5.74, 6) is 0.501. The summed E-state index contributed by atoms with van der Waals surface area (Å²) < 4.78 is 23.8. The van der Waals surface area contributed by atoms with E-state index in [-0.39, 0.29) is 41.2 Å². The van der Waals surface area contributed by atoms with E-state index in [2.05, 4.69) is 59.9 Å². The SMILES string of the molecule is COCCOCO[C@@H]1C=C2CC[C@H]3C=CC(=O)C(C)(C)[C@@]2(CC1)[C@H]3O[Si](C)(C)C(C)(C)C. The lowest BCUT2D eigenvalue weighted by atomic mass is 9.49. The standard InChI is InChI=1S/C26H44O5Si/c1-24(2,3)32(7,8)31-23-19-9-11-20-17-21(30-18-29-16-15-28-6)13-14-26(20,23)25(4,5)22(27)12-10-19/h10,12,17,19,21,23H,9,11,13-16,18H2,1-8H3/t19-,21-,23-,26+/m0/s1. The highest BCUT2D eigenvalue weighted by molar-refractivity contribution is 6.74. The number of fused-ring (bicyclic) bond motifs is 1. The van der Waals surface area contributed by atoms with Crippen molar-refractivity contribution < 1.29 is 23.4 Å². The monoisotopic (exact) mass is 464 g/mol. The van der Waals surface area contributed by atoms with E-state index in [1.165, 1.54) is 5.57 Å². The summed E-state index contributed by atoms with van der Waals surface area (Å²) in [6.45, 7) is 17.2. The van der Waals surface area contributed by atoms with Gasteiger partial charge in [-0.3, -0.25) is 4.79 Å². The number of carbonyl (C=O) groups is 1. The zero-order chi connectivity index (χ0) is 23.8. The van der Waals surface area contributed by atoms with Crippen molar-refractivity contribution in [2.24, 2.45) is 16.7 Å². The van der Waals surface area contributed by atoms with E-state index in [9.17, 15) is 4.79 Å². The third-order valence-corrected chi connectivity index (χ3v) is 13.1. The summed E-state index contributed by atoms with van der Waals surface area (Å²) in [5, 5.41) is 0.117. The molecule has 1 saturated carbocycles. The van der Waals surface area contributed by atoms with Crippen LogP contribution in [-0.4, -0.2) is 53.4 Å². The van der Waals surface area contributed by atoms with Crippen LogP contribution >= 0.6 is 0 Å². The molecule has 0 heterocycles. The predicted octanol–water partition coefficient (Wildman–Crippen LogP) is 5.66. The molecule has 0 saturated heterocycles. The Labute approximate surface area is 196 Å². The molecule has 5 nitrogen and oxygen atoms in total. The third kappa shape index (κ3) is 4.58. The first-order valence-electron chi connectivity index (χ1n) is 12.2. The quantitative estimate of drug-likeness (QED) is 0.201. The lowest BCUT2D eigenvalue weighted by Gasteiger charge is -2.59. The Hall–Kier alpha value is -0.793. The molecule has 6 heteroatoms. The molecule has 2 bridgehead atoms. The van der Waals surface area contributed by atoms with Gasteiger partial charge in [-0.15, -0.1) is 0 Å². The minimum Gasteiger partial charge on any atom is -0.412 e. The Bertz CT molecular complexity index is 748. The fraction of sp³-hybridized carbons (Fsp3) is 0.808. The van der Waals surface area contributed by atoms with Gasteiger partial charge in [-0.1, -0.05) is 52.3 Å². The van der Waals surface area contributed by atoms with Crippen LogP contribution in [0.3, 0.4) is 0 Å². The summed E-state index contributed by atoms with van der Waals surface area (Å²) in [4.78, 5) is 13.4. The molecule has 1 spiro atoms. The number of allylic oxidation sites excluding steroid dienone is 1. The van der Waals surface area contributed by atoms with E-state index >= 15 is 0 Å². The van der Waals surface area contributed by atoms with Crippen LogP contribution in [0.5, 0.6) is 0 Å². The largest absolute Gasteiger partial charge is 0.412 e. The van der Waals surface area contributed by atoms with Gasteiger partial charge in [0.25, 0.3) is 0 Å². The lowest BCUT2D eigenvalue weighted by Crippen LogP contribution is -2.61. The Balaban J connectivity index is 1.94. The molecule has 32 heavy (non-hydrogen) atoms. The molecule has 3 rings (SSSR count). The number of ether oxygens (including phenoxy) is 3. The van der Waals surface area contributed by atoms with Crippen LogP contribution in [-0.2, 0) is 23.4 Å². The molecule has 0 aromatic rings. The molecule has 0 amide bonds. The number of hydrogen-bond acceptors (Lipinski definition) is 5. The number of ketones is 1. The summed E-state index contributed by atoms with van der Waals surface area (Å²) in [7, 11) is -0.368. The lowest BCUT2D eigenvalue weighted by molar-refractivity contribution is -0.141. The fourth-order valence-corrected chi connectivity index (χ4v) is 6.88. The molecule has 0 aliphatic heterocycles. The third-order valence-electron chi connectivity index (χ3n) is 8.66. The molecule has 1 fully saturated rings. The van der Waals surface area contributed by atoms with Gasteiger partial charge >= 0.3 is 0 Å². The van der Waals surface area contributed by atoms with Gasteiger partial charge in [0.05, 0.1) is 25.4 Å². The van der Waals surface area contributed by atoms with E-state index in [1.54, 1.807) is 7.11 Å². The first-order chi connectivity index (χ1) is 14.9. The van der Waals surface area contributed by atoms with Crippen LogP contribution in [0.1, 0.15) is 60.3 Å².